The normalized spacial score (nSPS) is 20.4. The molecule has 8 rings (SSSR count). The van der Waals surface area contributed by atoms with Crippen molar-refractivity contribution in [3.8, 4) is 33.6 Å². The first-order valence-corrected chi connectivity index (χ1v) is 23.1. The number of imidazole rings is 2. The Kier molecular flexibility index (Phi) is 13.0. The van der Waals surface area contributed by atoms with E-state index in [0.717, 1.165) is 80.0 Å². The smallest absolute Gasteiger partial charge is 0.407 e. The minimum atomic E-state index is -0.692. The first kappa shape index (κ1) is 44.0. The van der Waals surface area contributed by atoms with E-state index in [0.29, 0.717) is 13.1 Å². The van der Waals surface area contributed by atoms with Crippen LogP contribution in [0.2, 0.25) is 0 Å². The van der Waals surface area contributed by atoms with Crippen molar-refractivity contribution in [2.24, 2.45) is 11.8 Å². The molecule has 1 spiro atoms. The fourth-order valence-electron chi connectivity index (χ4n) is 10.9. The van der Waals surface area contributed by atoms with Crippen LogP contribution in [0.25, 0.3) is 33.6 Å². The molecule has 14 nitrogen and oxygen atoms in total. The van der Waals surface area contributed by atoms with Gasteiger partial charge >= 0.3 is 12.2 Å². The fraction of sp³-hybridized carbons (Fsp3) is 0.551. The van der Waals surface area contributed by atoms with Crippen LogP contribution in [0.5, 0.6) is 0 Å². The summed E-state index contributed by atoms with van der Waals surface area (Å²) < 4.78 is 9.67. The molecule has 2 aliphatic carbocycles. The van der Waals surface area contributed by atoms with Gasteiger partial charge in [-0.05, 0) is 109 Å². The van der Waals surface area contributed by atoms with Crippen LogP contribution in [0.4, 0.5) is 9.59 Å². The first-order chi connectivity index (χ1) is 30.4. The number of likely N-dealkylation sites (tertiary alicyclic amines) is 2. The quantitative estimate of drug-likeness (QED) is 0.116. The van der Waals surface area contributed by atoms with Crippen LogP contribution < -0.4 is 10.6 Å². The Bertz CT molecular complexity index is 2290. The summed E-state index contributed by atoms with van der Waals surface area (Å²) in [6.07, 6.45) is 14.9. The highest BCUT2D eigenvalue weighted by molar-refractivity contribution is 5.87. The minimum Gasteiger partial charge on any atom is -0.453 e. The van der Waals surface area contributed by atoms with Crippen molar-refractivity contribution in [2.45, 2.75) is 134 Å². The van der Waals surface area contributed by atoms with Gasteiger partial charge in [-0.25, -0.2) is 19.6 Å². The molecule has 14 heteroatoms. The van der Waals surface area contributed by atoms with E-state index in [1.165, 1.54) is 67.7 Å². The number of hydrogen-bond donors (Lipinski definition) is 4. The monoisotopic (exact) mass is 860 g/mol. The number of nitrogens with one attached hydrogen (secondary N) is 4. The van der Waals surface area contributed by atoms with Gasteiger partial charge in [0.25, 0.3) is 0 Å². The molecule has 4 heterocycles. The van der Waals surface area contributed by atoms with Crippen LogP contribution in [0.3, 0.4) is 0 Å². The third kappa shape index (κ3) is 8.69. The standard InChI is InChI=1S/C49H64N8O6/c1-29(2)41(54-47(60)62-5)45(58)56-25-11-7-13-38(56)43-50-27-36(52-43)32-17-15-31(16-18-32)33-19-20-34(35-21-24-49(40(33)35)22-9-10-23-49)37-28-51-44(53-37)39-14-8-12-26-57(39)46(59)42(30(3)4)55-48(61)63-6/h15-20,27-30,38-39,41-42H,7-14,21-26H2,1-6H3,(H,50,52)(H,51,53)(H,54,60)(H,55,61)/t38-,39-,41-,42-/m0/s1. The molecule has 3 fully saturated rings. The van der Waals surface area contributed by atoms with Crippen molar-refractivity contribution in [2.75, 3.05) is 27.3 Å². The molecule has 4 amide bonds. The Balaban J connectivity index is 1.05. The van der Waals surface area contributed by atoms with Crippen molar-refractivity contribution in [1.82, 2.24) is 40.4 Å². The van der Waals surface area contributed by atoms with Gasteiger partial charge in [-0.2, -0.15) is 0 Å². The van der Waals surface area contributed by atoms with E-state index in [4.69, 9.17) is 19.4 Å². The van der Waals surface area contributed by atoms with E-state index >= 15 is 0 Å². The number of methoxy groups -OCH3 is 2. The number of alkyl carbamates (subject to hydrolysis) is 2. The second kappa shape index (κ2) is 18.6. The molecule has 336 valence electrons. The summed E-state index contributed by atoms with van der Waals surface area (Å²) in [6, 6.07) is 11.5. The lowest BCUT2D eigenvalue weighted by Crippen LogP contribution is -2.53. The van der Waals surface area contributed by atoms with Crippen LogP contribution in [0.15, 0.2) is 48.8 Å². The molecule has 4 aromatic rings. The van der Waals surface area contributed by atoms with Gasteiger partial charge < -0.3 is 39.9 Å². The number of piperidine rings is 2. The highest BCUT2D eigenvalue weighted by Crippen LogP contribution is 2.55. The largest absolute Gasteiger partial charge is 0.453 e. The summed E-state index contributed by atoms with van der Waals surface area (Å²) in [5.41, 5.74) is 9.52. The molecule has 1 saturated carbocycles. The summed E-state index contributed by atoms with van der Waals surface area (Å²) in [4.78, 5) is 72.9. The highest BCUT2D eigenvalue weighted by Gasteiger charge is 2.44. The van der Waals surface area contributed by atoms with Crippen molar-refractivity contribution < 1.29 is 28.7 Å². The summed E-state index contributed by atoms with van der Waals surface area (Å²) in [5, 5.41) is 5.51. The number of carbonyl (C=O) groups is 4. The number of benzene rings is 2. The van der Waals surface area contributed by atoms with Crippen molar-refractivity contribution >= 4 is 24.0 Å². The predicted molar refractivity (Wildman–Crippen MR) is 240 cm³/mol. The molecule has 0 unspecified atom stereocenters. The SMILES string of the molecule is COC(=O)N[C@H](C(=O)N1CCCC[C@H]1c1ncc(-c2ccc(-c3ccc(-c4cnc([C@@H]5CCCCN5C(=O)[C@@H](NC(=O)OC)C(C)C)[nH]4)c4c3C3(CCCC3)CC4)cc2)[nH]1)C(C)C. The number of nitrogens with zero attached hydrogens (tertiary/aromatic N) is 4. The van der Waals surface area contributed by atoms with Gasteiger partial charge in [0.1, 0.15) is 23.7 Å². The number of H-pyrrole nitrogens is 2. The summed E-state index contributed by atoms with van der Waals surface area (Å²) >= 11 is 0. The number of aromatic nitrogens is 4. The van der Waals surface area contributed by atoms with Gasteiger partial charge in [0.05, 0.1) is 50.1 Å². The number of rotatable bonds is 11. The summed E-state index contributed by atoms with van der Waals surface area (Å²) in [7, 11) is 2.62. The van der Waals surface area contributed by atoms with Crippen LogP contribution in [0.1, 0.15) is 133 Å². The molecule has 0 bridgehead atoms. The number of ether oxygens (including phenoxy) is 2. The predicted octanol–water partition coefficient (Wildman–Crippen LogP) is 8.76. The number of carbonyl (C=O) groups excluding carboxylic acids is 4. The zero-order valence-electron chi connectivity index (χ0n) is 37.7. The molecule has 2 saturated heterocycles. The molecule has 2 aromatic heterocycles. The second-order valence-electron chi connectivity index (χ2n) is 18.7. The van der Waals surface area contributed by atoms with Crippen LogP contribution in [0, 0.1) is 11.8 Å². The topological polar surface area (TPSA) is 175 Å². The second-order valence-corrected chi connectivity index (χ2v) is 18.7. The number of fused-ring (bicyclic) bond motifs is 2. The number of hydrogen-bond acceptors (Lipinski definition) is 8. The molecule has 2 aromatic carbocycles. The van der Waals surface area contributed by atoms with Crippen molar-refractivity contribution in [3.63, 3.8) is 0 Å². The van der Waals surface area contributed by atoms with E-state index in [-0.39, 0.29) is 41.1 Å². The third-order valence-electron chi connectivity index (χ3n) is 14.2. The Labute approximate surface area is 370 Å². The van der Waals surface area contributed by atoms with Gasteiger partial charge in [0.2, 0.25) is 11.8 Å². The Morgan fingerprint density at radius 1 is 0.651 bits per heavy atom. The Morgan fingerprint density at radius 3 is 1.67 bits per heavy atom. The molecule has 63 heavy (non-hydrogen) atoms. The summed E-state index contributed by atoms with van der Waals surface area (Å²) in [5.74, 6) is 1.08. The molecule has 2 aliphatic heterocycles. The van der Waals surface area contributed by atoms with E-state index in [1.54, 1.807) is 0 Å². The van der Waals surface area contributed by atoms with Crippen molar-refractivity contribution in [3.05, 3.63) is 71.6 Å². The van der Waals surface area contributed by atoms with Gasteiger partial charge in [0, 0.05) is 18.7 Å². The van der Waals surface area contributed by atoms with Gasteiger partial charge in [0.15, 0.2) is 0 Å². The molecule has 0 radical (unpaired) electrons. The lowest BCUT2D eigenvalue weighted by molar-refractivity contribution is -0.139. The maximum atomic E-state index is 14.0. The fourth-order valence-corrected chi connectivity index (χ4v) is 10.9. The minimum absolute atomic E-state index is 0.107. The average Bonchev–Trinajstić information content (AvgIpc) is 4.15. The zero-order chi connectivity index (χ0) is 44.4. The molecule has 4 atom stereocenters. The van der Waals surface area contributed by atoms with E-state index in [2.05, 4.69) is 57.0 Å². The molecule has 4 aliphatic rings. The van der Waals surface area contributed by atoms with Gasteiger partial charge in [-0.15, -0.1) is 0 Å². The first-order valence-electron chi connectivity index (χ1n) is 23.1. The highest BCUT2D eigenvalue weighted by atomic mass is 16.5. The van der Waals surface area contributed by atoms with Crippen LogP contribution in [-0.2, 0) is 30.9 Å². The number of amides is 4. The van der Waals surface area contributed by atoms with Gasteiger partial charge in [-0.3, -0.25) is 9.59 Å². The summed E-state index contributed by atoms with van der Waals surface area (Å²) in [6.45, 7) is 8.92. The van der Waals surface area contributed by atoms with Crippen LogP contribution >= 0.6 is 0 Å². The Morgan fingerprint density at radius 2 is 1.14 bits per heavy atom. The lowest BCUT2D eigenvalue weighted by atomic mass is 9.76. The Hall–Kier alpha value is -5.66. The lowest BCUT2D eigenvalue weighted by Gasteiger charge is -2.37. The van der Waals surface area contributed by atoms with Crippen LogP contribution in [-0.4, -0.2) is 93.1 Å². The molecule has 4 N–H and O–H groups in total. The zero-order valence-corrected chi connectivity index (χ0v) is 37.7. The van der Waals surface area contributed by atoms with E-state index in [9.17, 15) is 19.2 Å². The third-order valence-corrected chi connectivity index (χ3v) is 14.2. The van der Waals surface area contributed by atoms with Gasteiger partial charge in [-0.1, -0.05) is 76.9 Å². The molecular weight excluding hydrogens is 797 g/mol. The molecular formula is C49H64N8O6. The van der Waals surface area contributed by atoms with E-state index in [1.807, 2.05) is 49.9 Å². The van der Waals surface area contributed by atoms with E-state index < -0.39 is 24.3 Å². The van der Waals surface area contributed by atoms with Crippen molar-refractivity contribution in [1.29, 1.82) is 0 Å². The number of aromatic amines is 2. The maximum absolute atomic E-state index is 14.0. The average molecular weight is 861 g/mol. The maximum Gasteiger partial charge on any atom is 0.407 e.